The maximum absolute atomic E-state index is 14.7. The number of pyridine rings is 1. The minimum Gasteiger partial charge on any atom is -0.363 e. The van der Waals surface area contributed by atoms with Crippen LogP contribution in [0.15, 0.2) is 30.5 Å². The number of alkyl halides is 3. The number of benzene rings is 1. The molecule has 6 rings (SSSR count). The van der Waals surface area contributed by atoms with Gasteiger partial charge >= 0.3 is 6.18 Å². The van der Waals surface area contributed by atoms with E-state index >= 15 is 0 Å². The van der Waals surface area contributed by atoms with Crippen molar-refractivity contribution in [2.75, 3.05) is 16.8 Å². The van der Waals surface area contributed by atoms with Crippen LogP contribution in [0.3, 0.4) is 0 Å². The van der Waals surface area contributed by atoms with Crippen LogP contribution in [-0.2, 0) is 6.18 Å². The topological polar surface area (TPSA) is 53.9 Å². The fraction of sp³-hybridized carbons (Fsp3) is 0.458. The number of rotatable bonds is 4. The molecule has 5 nitrogen and oxygen atoms in total. The Morgan fingerprint density at radius 1 is 1.12 bits per heavy atom. The lowest BCUT2D eigenvalue weighted by Crippen LogP contribution is -2.48. The van der Waals surface area contributed by atoms with Crippen molar-refractivity contribution in [1.82, 2.24) is 15.0 Å². The van der Waals surface area contributed by atoms with Gasteiger partial charge in [-0.3, -0.25) is 0 Å². The van der Waals surface area contributed by atoms with E-state index in [0.717, 1.165) is 31.3 Å². The molecule has 3 fully saturated rings. The number of aromatic nitrogens is 3. The Kier molecular flexibility index (Phi) is 5.37. The first-order valence-corrected chi connectivity index (χ1v) is 11.2. The highest BCUT2D eigenvalue weighted by molar-refractivity contribution is 5.90. The summed E-state index contributed by atoms with van der Waals surface area (Å²) in [5.74, 6) is 1.21. The maximum Gasteiger partial charge on any atom is 0.419 e. The molecule has 1 aromatic carbocycles. The summed E-state index contributed by atoms with van der Waals surface area (Å²) in [7, 11) is 0. The number of nitrogens with zero attached hydrogens (tertiary/aromatic N) is 4. The van der Waals surface area contributed by atoms with E-state index in [0.29, 0.717) is 34.5 Å². The minimum absolute atomic E-state index is 0.0724. The molecule has 0 spiro atoms. The average Bonchev–Trinajstić information content (AvgIpc) is 2.78. The van der Waals surface area contributed by atoms with Gasteiger partial charge in [0.2, 0.25) is 0 Å². The van der Waals surface area contributed by atoms with Gasteiger partial charge in [-0.25, -0.2) is 19.3 Å². The summed E-state index contributed by atoms with van der Waals surface area (Å²) in [6, 6.07) is 4.99. The van der Waals surface area contributed by atoms with Gasteiger partial charge in [-0.2, -0.15) is 13.2 Å². The van der Waals surface area contributed by atoms with Crippen LogP contribution >= 0.6 is 0 Å². The molecule has 2 aromatic heterocycles. The molecule has 1 N–H and O–H groups in total. The lowest BCUT2D eigenvalue weighted by Gasteiger charge is -2.46. The molecule has 3 aliphatic rings. The molecule has 174 valence electrons. The van der Waals surface area contributed by atoms with Gasteiger partial charge in [0, 0.05) is 23.5 Å². The Labute approximate surface area is 189 Å². The summed E-state index contributed by atoms with van der Waals surface area (Å²) in [4.78, 5) is 15.9. The molecule has 2 aliphatic heterocycles. The summed E-state index contributed by atoms with van der Waals surface area (Å²) >= 11 is 0. The quantitative estimate of drug-likeness (QED) is 0.482. The number of piperidine rings is 2. The van der Waals surface area contributed by atoms with Crippen molar-refractivity contribution in [1.29, 1.82) is 0 Å². The molecule has 4 heterocycles. The predicted molar refractivity (Wildman–Crippen MR) is 119 cm³/mol. The lowest BCUT2D eigenvalue weighted by atomic mass is 9.80. The molecule has 1 aliphatic carbocycles. The van der Waals surface area contributed by atoms with Crippen molar-refractivity contribution in [3.8, 4) is 0 Å². The van der Waals surface area contributed by atoms with Crippen molar-refractivity contribution in [3.63, 3.8) is 0 Å². The minimum atomic E-state index is -4.76. The second kappa shape index (κ2) is 8.11. The van der Waals surface area contributed by atoms with Gasteiger partial charge in [0.1, 0.15) is 23.3 Å². The van der Waals surface area contributed by atoms with Gasteiger partial charge in [-0.15, -0.1) is 0 Å². The Hall–Kier alpha value is -2.97. The van der Waals surface area contributed by atoms with Crippen LogP contribution in [0.4, 0.5) is 29.2 Å². The van der Waals surface area contributed by atoms with Crippen LogP contribution in [0.2, 0.25) is 0 Å². The monoisotopic (exact) mass is 459 g/mol. The Morgan fingerprint density at radius 2 is 1.88 bits per heavy atom. The summed E-state index contributed by atoms with van der Waals surface area (Å²) < 4.78 is 54.2. The first-order valence-electron chi connectivity index (χ1n) is 11.2. The second-order valence-corrected chi connectivity index (χ2v) is 9.08. The first-order chi connectivity index (χ1) is 15.7. The Balaban J connectivity index is 1.50. The van der Waals surface area contributed by atoms with Crippen molar-refractivity contribution in [2.45, 2.75) is 57.8 Å². The number of fused-ring (bicyclic) bond motifs is 4. The predicted octanol–water partition coefficient (Wildman–Crippen LogP) is 6.04. The average molecular weight is 459 g/mol. The van der Waals surface area contributed by atoms with E-state index in [1.54, 1.807) is 20.0 Å². The van der Waals surface area contributed by atoms with Gasteiger partial charge < -0.3 is 10.2 Å². The summed E-state index contributed by atoms with van der Waals surface area (Å²) in [5, 5.41) is 3.84. The van der Waals surface area contributed by atoms with Crippen molar-refractivity contribution >= 4 is 22.5 Å². The fourth-order valence-corrected chi connectivity index (χ4v) is 5.14. The van der Waals surface area contributed by atoms with E-state index < -0.39 is 23.6 Å². The van der Waals surface area contributed by atoms with Gasteiger partial charge in [0.15, 0.2) is 0 Å². The third kappa shape index (κ3) is 4.09. The standard InChI is InChI=1S/C24H25F4N5/c1-13(17-4-3-5-19(22(17)25)24(26,27)28)30-23-18-10-21(29-11-20(18)31-14(2)32-23)33-12-15-6-8-16(33)9-7-15/h3-5,10-11,13,15-16H,6-9,12H2,1-2H3,(H,30,31,32)/t13-,15?,16?/m1/s1. The van der Waals surface area contributed by atoms with Crippen LogP contribution in [0.25, 0.3) is 10.9 Å². The van der Waals surface area contributed by atoms with E-state index in [2.05, 4.69) is 25.2 Å². The molecule has 33 heavy (non-hydrogen) atoms. The maximum atomic E-state index is 14.7. The second-order valence-electron chi connectivity index (χ2n) is 9.08. The molecule has 1 atom stereocenters. The fourth-order valence-electron chi connectivity index (χ4n) is 5.14. The van der Waals surface area contributed by atoms with E-state index in [1.807, 2.05) is 6.07 Å². The third-order valence-corrected chi connectivity index (χ3v) is 6.84. The number of anilines is 2. The molecule has 0 radical (unpaired) electrons. The number of aryl methyl sites for hydroxylation is 1. The number of halogens is 4. The van der Waals surface area contributed by atoms with E-state index in [4.69, 9.17) is 0 Å². The van der Waals surface area contributed by atoms with Crippen LogP contribution in [0, 0.1) is 18.7 Å². The third-order valence-electron chi connectivity index (χ3n) is 6.84. The van der Waals surface area contributed by atoms with Gasteiger partial charge in [0.05, 0.1) is 23.3 Å². The zero-order valence-corrected chi connectivity index (χ0v) is 18.5. The highest BCUT2D eigenvalue weighted by Crippen LogP contribution is 2.39. The van der Waals surface area contributed by atoms with Crippen LogP contribution < -0.4 is 10.2 Å². The van der Waals surface area contributed by atoms with Crippen molar-refractivity contribution < 1.29 is 17.6 Å². The molecule has 9 heteroatoms. The van der Waals surface area contributed by atoms with E-state index in [9.17, 15) is 17.6 Å². The highest BCUT2D eigenvalue weighted by Gasteiger charge is 2.36. The van der Waals surface area contributed by atoms with E-state index in [1.165, 1.54) is 25.0 Å². The molecule has 2 saturated heterocycles. The molecule has 2 bridgehead atoms. The largest absolute Gasteiger partial charge is 0.419 e. The van der Waals surface area contributed by atoms with Crippen molar-refractivity contribution in [3.05, 3.63) is 53.2 Å². The number of hydrogen-bond acceptors (Lipinski definition) is 5. The summed E-state index contributed by atoms with van der Waals surface area (Å²) in [5.41, 5.74) is -0.714. The molecule has 0 unspecified atom stereocenters. The SMILES string of the molecule is Cc1nc(N[C@H](C)c2cccc(C(F)(F)F)c2F)c2cc(N3CC4CCC3CC4)ncc2n1. The van der Waals surface area contributed by atoms with Gasteiger partial charge in [-0.05, 0) is 57.6 Å². The molecule has 3 aromatic rings. The normalized spacial score (nSPS) is 21.5. The number of nitrogens with one attached hydrogen (secondary N) is 1. The van der Waals surface area contributed by atoms with Gasteiger partial charge in [-0.1, -0.05) is 12.1 Å². The summed E-state index contributed by atoms with van der Waals surface area (Å²) in [6.07, 6.45) is 1.78. The van der Waals surface area contributed by atoms with Crippen LogP contribution in [-0.4, -0.2) is 27.5 Å². The van der Waals surface area contributed by atoms with E-state index in [-0.39, 0.29) is 5.56 Å². The highest BCUT2D eigenvalue weighted by atomic mass is 19.4. The summed E-state index contributed by atoms with van der Waals surface area (Å²) in [6.45, 7) is 4.33. The zero-order chi connectivity index (χ0) is 23.3. The van der Waals surface area contributed by atoms with Gasteiger partial charge in [0.25, 0.3) is 0 Å². The smallest absolute Gasteiger partial charge is 0.363 e. The van der Waals surface area contributed by atoms with Crippen molar-refractivity contribution in [2.24, 2.45) is 5.92 Å². The Morgan fingerprint density at radius 3 is 2.55 bits per heavy atom. The molecular weight excluding hydrogens is 434 g/mol. The van der Waals surface area contributed by atoms with Crippen LogP contribution in [0.5, 0.6) is 0 Å². The Bertz CT molecular complexity index is 1190. The molecule has 0 amide bonds. The zero-order valence-electron chi connectivity index (χ0n) is 18.5. The lowest BCUT2D eigenvalue weighted by molar-refractivity contribution is -0.140. The van der Waals surface area contributed by atoms with Crippen LogP contribution in [0.1, 0.15) is 55.6 Å². The molecule has 1 saturated carbocycles. The number of hydrogen-bond donors (Lipinski definition) is 1. The molecular formula is C24H25F4N5. The first kappa shape index (κ1) is 21.9.